The van der Waals surface area contributed by atoms with Crippen LogP contribution in [0.25, 0.3) is 0 Å². The van der Waals surface area contributed by atoms with Gasteiger partial charge in [-0.2, -0.15) is 0 Å². The van der Waals surface area contributed by atoms with E-state index in [1.165, 1.54) is 12.8 Å². The summed E-state index contributed by atoms with van der Waals surface area (Å²) in [5.74, 6) is 0.979. The summed E-state index contributed by atoms with van der Waals surface area (Å²) in [4.78, 5) is 16.2. The number of hydrogen-bond donors (Lipinski definition) is 1. The Labute approximate surface area is 110 Å². The molecule has 0 radical (unpaired) electrons. The van der Waals surface area contributed by atoms with Gasteiger partial charge in [0.2, 0.25) is 5.91 Å². The number of nitrogens with zero attached hydrogens (tertiary/aromatic N) is 2. The van der Waals surface area contributed by atoms with Gasteiger partial charge in [-0.25, -0.2) is 0 Å². The van der Waals surface area contributed by atoms with Crippen molar-refractivity contribution in [2.24, 2.45) is 11.3 Å². The fraction of sp³-hybridized carbons (Fsp3) is 0.929. The lowest BCUT2D eigenvalue weighted by atomic mass is 9.83. The molecule has 2 fully saturated rings. The number of rotatable bonds is 5. The van der Waals surface area contributed by atoms with E-state index in [0.717, 1.165) is 38.4 Å². The van der Waals surface area contributed by atoms with Crippen LogP contribution in [0.2, 0.25) is 0 Å². The number of aliphatic hydroxyl groups is 1. The summed E-state index contributed by atoms with van der Waals surface area (Å²) < 4.78 is 0. The largest absolute Gasteiger partial charge is 0.396 e. The summed E-state index contributed by atoms with van der Waals surface area (Å²) in [6.07, 6.45) is 4.70. The van der Waals surface area contributed by atoms with Crippen LogP contribution in [0.4, 0.5) is 0 Å². The van der Waals surface area contributed by atoms with E-state index < -0.39 is 0 Å². The van der Waals surface area contributed by atoms with E-state index in [1.807, 2.05) is 11.9 Å². The van der Waals surface area contributed by atoms with Crippen molar-refractivity contribution in [2.45, 2.75) is 32.6 Å². The van der Waals surface area contributed by atoms with Gasteiger partial charge in [0.1, 0.15) is 0 Å². The lowest BCUT2D eigenvalue weighted by Gasteiger charge is -2.39. The third kappa shape index (κ3) is 3.69. The molecule has 2 rings (SSSR count). The number of amides is 1. The van der Waals surface area contributed by atoms with E-state index >= 15 is 0 Å². The Morgan fingerprint density at radius 2 is 2.22 bits per heavy atom. The number of aliphatic hydroxyl groups excluding tert-OH is 1. The third-order valence-corrected chi connectivity index (χ3v) is 4.26. The number of piperidine rings is 1. The van der Waals surface area contributed by atoms with E-state index in [-0.39, 0.29) is 17.9 Å². The maximum Gasteiger partial charge on any atom is 0.236 e. The topological polar surface area (TPSA) is 43.8 Å². The smallest absolute Gasteiger partial charge is 0.236 e. The van der Waals surface area contributed by atoms with Crippen molar-refractivity contribution >= 4 is 5.91 Å². The molecule has 1 amide bonds. The molecule has 1 saturated carbocycles. The Kier molecular flexibility index (Phi) is 4.28. The van der Waals surface area contributed by atoms with Gasteiger partial charge in [0, 0.05) is 32.2 Å². The highest BCUT2D eigenvalue weighted by Gasteiger charge is 2.32. The molecule has 4 nitrogen and oxygen atoms in total. The highest BCUT2D eigenvalue weighted by Crippen LogP contribution is 2.30. The molecule has 4 heteroatoms. The van der Waals surface area contributed by atoms with Crippen molar-refractivity contribution in [3.63, 3.8) is 0 Å². The van der Waals surface area contributed by atoms with Gasteiger partial charge in [-0.1, -0.05) is 6.92 Å². The first-order valence-corrected chi connectivity index (χ1v) is 7.10. The quantitative estimate of drug-likeness (QED) is 0.794. The number of likely N-dealkylation sites (N-methyl/N-ethyl adjacent to an activating group) is 1. The van der Waals surface area contributed by atoms with Gasteiger partial charge in [0.25, 0.3) is 0 Å². The number of likely N-dealkylation sites (tertiary alicyclic amines) is 1. The first-order chi connectivity index (χ1) is 8.52. The van der Waals surface area contributed by atoms with Gasteiger partial charge in [-0.15, -0.1) is 0 Å². The normalized spacial score (nSPS) is 29.3. The Morgan fingerprint density at radius 3 is 2.83 bits per heavy atom. The van der Waals surface area contributed by atoms with Crippen LogP contribution in [-0.2, 0) is 4.79 Å². The minimum Gasteiger partial charge on any atom is -0.396 e. The molecule has 104 valence electrons. The number of carbonyl (C=O) groups is 1. The van der Waals surface area contributed by atoms with Crippen molar-refractivity contribution in [1.29, 1.82) is 0 Å². The fourth-order valence-corrected chi connectivity index (χ4v) is 2.79. The van der Waals surface area contributed by atoms with Crippen LogP contribution in [0.5, 0.6) is 0 Å². The number of carbonyl (C=O) groups excluding carboxylic acids is 1. The molecule has 18 heavy (non-hydrogen) atoms. The van der Waals surface area contributed by atoms with E-state index in [4.69, 9.17) is 0 Å². The molecule has 1 aliphatic heterocycles. The zero-order valence-electron chi connectivity index (χ0n) is 11.7. The average molecular weight is 254 g/mol. The van der Waals surface area contributed by atoms with Crippen LogP contribution < -0.4 is 0 Å². The van der Waals surface area contributed by atoms with E-state index in [2.05, 4.69) is 11.8 Å². The second kappa shape index (κ2) is 5.57. The van der Waals surface area contributed by atoms with Crippen LogP contribution >= 0.6 is 0 Å². The molecule has 1 saturated heterocycles. The Hall–Kier alpha value is -0.610. The standard InChI is InChI=1S/C14H26N2O2/c1-14(11-17)6-3-7-16(10-14)9-13(18)15(2)8-12-4-5-12/h12,17H,3-11H2,1-2H3. The van der Waals surface area contributed by atoms with Gasteiger partial charge in [0.15, 0.2) is 0 Å². The zero-order chi connectivity index (χ0) is 13.2. The highest BCUT2D eigenvalue weighted by molar-refractivity contribution is 5.78. The predicted octanol–water partition coefficient (Wildman–Crippen LogP) is 0.949. The van der Waals surface area contributed by atoms with Gasteiger partial charge < -0.3 is 10.0 Å². The minimum absolute atomic E-state index is 0.0202. The first-order valence-electron chi connectivity index (χ1n) is 7.10. The van der Waals surface area contributed by atoms with Gasteiger partial charge in [-0.05, 0) is 38.1 Å². The molecular weight excluding hydrogens is 228 g/mol. The molecule has 1 aliphatic carbocycles. The first kappa shape index (κ1) is 13.8. The average Bonchev–Trinajstić information content (AvgIpc) is 3.13. The maximum atomic E-state index is 12.1. The van der Waals surface area contributed by atoms with Crippen LogP contribution in [0.3, 0.4) is 0 Å². The predicted molar refractivity (Wildman–Crippen MR) is 71.2 cm³/mol. The van der Waals surface area contributed by atoms with Crippen molar-refractivity contribution in [3.05, 3.63) is 0 Å². The Morgan fingerprint density at radius 1 is 1.50 bits per heavy atom. The van der Waals surface area contributed by atoms with Crippen molar-refractivity contribution < 1.29 is 9.90 Å². The second-order valence-electron chi connectivity index (χ2n) is 6.50. The summed E-state index contributed by atoms with van der Waals surface area (Å²) >= 11 is 0. The lowest BCUT2D eigenvalue weighted by molar-refractivity contribution is -0.132. The summed E-state index contributed by atoms with van der Waals surface area (Å²) in [6, 6.07) is 0. The highest BCUT2D eigenvalue weighted by atomic mass is 16.3. The van der Waals surface area contributed by atoms with Crippen molar-refractivity contribution in [2.75, 3.05) is 39.8 Å². The molecule has 0 aromatic carbocycles. The summed E-state index contributed by atoms with van der Waals surface area (Å²) in [7, 11) is 1.91. The van der Waals surface area contributed by atoms with Gasteiger partial charge >= 0.3 is 0 Å². The zero-order valence-corrected chi connectivity index (χ0v) is 11.7. The molecule has 1 heterocycles. The van der Waals surface area contributed by atoms with Crippen LogP contribution in [-0.4, -0.2) is 60.6 Å². The van der Waals surface area contributed by atoms with Crippen LogP contribution in [0, 0.1) is 11.3 Å². The number of hydrogen-bond acceptors (Lipinski definition) is 3. The monoisotopic (exact) mass is 254 g/mol. The second-order valence-corrected chi connectivity index (χ2v) is 6.50. The van der Waals surface area contributed by atoms with E-state index in [9.17, 15) is 9.90 Å². The van der Waals surface area contributed by atoms with Crippen LogP contribution in [0.1, 0.15) is 32.6 Å². The maximum absolute atomic E-state index is 12.1. The Bertz CT molecular complexity index is 304. The van der Waals surface area contributed by atoms with Crippen molar-refractivity contribution in [1.82, 2.24) is 9.80 Å². The minimum atomic E-state index is -0.0202. The van der Waals surface area contributed by atoms with Crippen molar-refractivity contribution in [3.8, 4) is 0 Å². The summed E-state index contributed by atoms with van der Waals surface area (Å²) in [6.45, 7) is 5.58. The molecule has 0 aromatic rings. The van der Waals surface area contributed by atoms with E-state index in [0.29, 0.717) is 6.54 Å². The van der Waals surface area contributed by atoms with Crippen LogP contribution in [0.15, 0.2) is 0 Å². The Balaban J connectivity index is 1.78. The molecule has 0 bridgehead atoms. The van der Waals surface area contributed by atoms with Gasteiger partial charge in [0.05, 0.1) is 6.54 Å². The summed E-state index contributed by atoms with van der Waals surface area (Å²) in [5.41, 5.74) is -0.0202. The third-order valence-electron chi connectivity index (χ3n) is 4.26. The molecule has 1 unspecified atom stereocenters. The molecule has 2 aliphatic rings. The lowest BCUT2D eigenvalue weighted by Crippen LogP contribution is -2.48. The molecule has 0 aromatic heterocycles. The molecule has 0 spiro atoms. The fourth-order valence-electron chi connectivity index (χ4n) is 2.79. The molecule has 1 N–H and O–H groups in total. The van der Waals surface area contributed by atoms with E-state index in [1.54, 1.807) is 0 Å². The SMILES string of the molecule is CN(CC1CC1)C(=O)CN1CCCC(C)(CO)C1. The summed E-state index contributed by atoms with van der Waals surface area (Å²) in [5, 5.41) is 9.42. The van der Waals surface area contributed by atoms with Gasteiger partial charge in [-0.3, -0.25) is 9.69 Å². The molecular formula is C14H26N2O2. The molecule has 1 atom stereocenters.